The van der Waals surface area contributed by atoms with Gasteiger partial charge in [-0.25, -0.2) is 8.42 Å². The molecule has 1 fully saturated rings. The molecule has 47 heavy (non-hydrogen) atoms. The van der Waals surface area contributed by atoms with Crippen molar-refractivity contribution in [2.24, 2.45) is 0 Å². The highest BCUT2D eigenvalue weighted by Crippen LogP contribution is 2.29. The van der Waals surface area contributed by atoms with Crippen molar-refractivity contribution in [3.8, 4) is 0 Å². The number of benzene rings is 4. The monoisotopic (exact) mass is 671 g/mol. The maximum absolute atomic E-state index is 14.7. The van der Waals surface area contributed by atoms with E-state index in [0.29, 0.717) is 22.7 Å². The Morgan fingerprint density at radius 3 is 2.13 bits per heavy atom. The first-order chi connectivity index (χ1) is 22.7. The molecule has 7 nitrogen and oxygen atoms in total. The number of hydrogen-bond donors (Lipinski definition) is 1. The Balaban J connectivity index is 1.59. The Morgan fingerprint density at radius 1 is 0.851 bits per heavy atom. The Bertz CT molecular complexity index is 1770. The zero-order valence-corrected chi connectivity index (χ0v) is 28.5. The first kappa shape index (κ1) is 34.2. The molecule has 246 valence electrons. The topological polar surface area (TPSA) is 86.8 Å². The van der Waals surface area contributed by atoms with E-state index in [9.17, 15) is 18.0 Å². The molecular weight excluding hydrogens is 630 g/mol. The van der Waals surface area contributed by atoms with Crippen LogP contribution in [-0.4, -0.2) is 43.8 Å². The van der Waals surface area contributed by atoms with E-state index in [2.05, 4.69) is 5.32 Å². The van der Waals surface area contributed by atoms with Gasteiger partial charge in [0.15, 0.2) is 0 Å². The van der Waals surface area contributed by atoms with E-state index < -0.39 is 28.5 Å². The third-order valence-electron chi connectivity index (χ3n) is 8.80. The minimum atomic E-state index is -4.18. The standard InChI is InChI=1S/C38H42ClN3O4S/c1-3-30-15-8-12-20-35(30)42(47(45,46)33-23-21-28(2)22-24-33)27-37(43)41(26-31-16-7-11-19-34(31)39)36(25-29-13-5-4-6-14-29)38(44)40-32-17-9-10-18-32/h4-8,11-16,19-24,32,36H,3,9-10,17-18,25-27H2,1-2H3,(H,40,44)/t36-/m1/s1. The first-order valence-corrected chi connectivity index (χ1v) is 18.0. The van der Waals surface area contributed by atoms with E-state index in [1.54, 1.807) is 42.5 Å². The van der Waals surface area contributed by atoms with Crippen molar-refractivity contribution >= 4 is 39.1 Å². The van der Waals surface area contributed by atoms with Crippen LogP contribution >= 0.6 is 11.6 Å². The van der Waals surface area contributed by atoms with Crippen LogP contribution in [0.2, 0.25) is 5.02 Å². The molecule has 2 amide bonds. The van der Waals surface area contributed by atoms with E-state index in [1.807, 2.05) is 74.5 Å². The average Bonchev–Trinajstić information content (AvgIpc) is 3.59. The lowest BCUT2D eigenvalue weighted by Crippen LogP contribution is -2.54. The second-order valence-corrected chi connectivity index (χ2v) is 14.4. The number of anilines is 1. The van der Waals surface area contributed by atoms with Gasteiger partial charge in [0.05, 0.1) is 10.6 Å². The quantitative estimate of drug-likeness (QED) is 0.164. The summed E-state index contributed by atoms with van der Waals surface area (Å²) in [4.78, 5) is 30.5. The molecule has 0 radical (unpaired) electrons. The number of carbonyl (C=O) groups is 2. The molecule has 1 N–H and O–H groups in total. The summed E-state index contributed by atoms with van der Waals surface area (Å²) in [5, 5.41) is 3.66. The average molecular weight is 672 g/mol. The van der Waals surface area contributed by atoms with Crippen molar-refractivity contribution in [1.29, 1.82) is 0 Å². The highest BCUT2D eigenvalue weighted by Gasteiger charge is 2.36. The van der Waals surface area contributed by atoms with E-state index in [0.717, 1.165) is 42.4 Å². The van der Waals surface area contributed by atoms with Crippen molar-refractivity contribution in [2.75, 3.05) is 10.8 Å². The van der Waals surface area contributed by atoms with Crippen LogP contribution in [0.1, 0.15) is 54.9 Å². The van der Waals surface area contributed by atoms with Gasteiger partial charge in [-0.05, 0) is 67.1 Å². The van der Waals surface area contributed by atoms with E-state index in [1.165, 1.54) is 9.21 Å². The summed E-state index contributed by atoms with van der Waals surface area (Å²) in [6.45, 7) is 3.37. The number of sulfonamides is 1. The number of rotatable bonds is 13. The zero-order chi connectivity index (χ0) is 33.4. The maximum Gasteiger partial charge on any atom is 0.264 e. The molecule has 0 bridgehead atoms. The molecular formula is C38H42ClN3O4S. The molecule has 0 spiro atoms. The van der Waals surface area contributed by atoms with Crippen molar-refractivity contribution in [2.45, 2.75) is 75.9 Å². The lowest BCUT2D eigenvalue weighted by molar-refractivity contribution is -0.140. The third kappa shape index (κ3) is 8.42. The lowest BCUT2D eigenvalue weighted by atomic mass is 10.0. The van der Waals surface area contributed by atoms with Crippen LogP contribution in [0.3, 0.4) is 0 Å². The van der Waals surface area contributed by atoms with E-state index in [-0.39, 0.29) is 29.8 Å². The van der Waals surface area contributed by atoms with Crippen LogP contribution in [0.4, 0.5) is 5.69 Å². The highest BCUT2D eigenvalue weighted by atomic mass is 35.5. The first-order valence-electron chi connectivity index (χ1n) is 16.2. The third-order valence-corrected chi connectivity index (χ3v) is 10.9. The van der Waals surface area contributed by atoms with E-state index >= 15 is 0 Å². The van der Waals surface area contributed by atoms with Crippen LogP contribution in [0, 0.1) is 6.92 Å². The normalized spacial score (nSPS) is 14.0. The summed E-state index contributed by atoms with van der Waals surface area (Å²) in [7, 11) is -4.18. The van der Waals surface area contributed by atoms with Crippen LogP contribution in [0.25, 0.3) is 0 Å². The van der Waals surface area contributed by atoms with Gasteiger partial charge in [0, 0.05) is 24.0 Å². The fraction of sp³-hybridized carbons (Fsp3) is 0.316. The van der Waals surface area contributed by atoms with Gasteiger partial charge in [-0.15, -0.1) is 0 Å². The smallest absolute Gasteiger partial charge is 0.264 e. The van der Waals surface area contributed by atoms with Crippen molar-refractivity contribution < 1.29 is 18.0 Å². The van der Waals surface area contributed by atoms with Gasteiger partial charge in [-0.3, -0.25) is 13.9 Å². The number of hydrogen-bond acceptors (Lipinski definition) is 4. The number of nitrogens with zero attached hydrogens (tertiary/aromatic N) is 2. The number of para-hydroxylation sites is 1. The van der Waals surface area contributed by atoms with Gasteiger partial charge in [-0.1, -0.05) is 116 Å². The van der Waals surface area contributed by atoms with Gasteiger partial charge < -0.3 is 10.2 Å². The highest BCUT2D eigenvalue weighted by molar-refractivity contribution is 7.92. The van der Waals surface area contributed by atoms with Crippen molar-refractivity contribution in [1.82, 2.24) is 10.2 Å². The summed E-state index contributed by atoms with van der Waals surface area (Å²) < 4.78 is 29.9. The van der Waals surface area contributed by atoms with Gasteiger partial charge in [-0.2, -0.15) is 0 Å². The summed E-state index contributed by atoms with van der Waals surface area (Å²) in [5.74, 6) is -0.767. The van der Waals surface area contributed by atoms with Crippen LogP contribution in [0.15, 0.2) is 108 Å². The predicted octanol–water partition coefficient (Wildman–Crippen LogP) is 7.11. The number of amides is 2. The fourth-order valence-corrected chi connectivity index (χ4v) is 7.78. The van der Waals surface area contributed by atoms with Crippen LogP contribution < -0.4 is 9.62 Å². The van der Waals surface area contributed by atoms with Gasteiger partial charge >= 0.3 is 0 Å². The largest absolute Gasteiger partial charge is 0.352 e. The summed E-state index contributed by atoms with van der Waals surface area (Å²) in [5.41, 5.74) is 3.68. The lowest BCUT2D eigenvalue weighted by Gasteiger charge is -2.35. The van der Waals surface area contributed by atoms with Crippen molar-refractivity contribution in [3.63, 3.8) is 0 Å². The molecule has 0 aliphatic heterocycles. The molecule has 4 aromatic carbocycles. The molecule has 0 aromatic heterocycles. The maximum atomic E-state index is 14.7. The van der Waals surface area contributed by atoms with Gasteiger partial charge in [0.1, 0.15) is 12.6 Å². The SMILES string of the molecule is CCc1ccccc1N(CC(=O)N(Cc1ccccc1Cl)[C@H](Cc1ccccc1)C(=O)NC1CCCC1)S(=O)(=O)c1ccc(C)cc1. The fourth-order valence-electron chi connectivity index (χ4n) is 6.14. The van der Waals surface area contributed by atoms with Crippen LogP contribution in [-0.2, 0) is 39.0 Å². The summed E-state index contributed by atoms with van der Waals surface area (Å²) >= 11 is 6.62. The molecule has 5 rings (SSSR count). The molecule has 0 saturated heterocycles. The van der Waals surface area contributed by atoms with Crippen molar-refractivity contribution in [3.05, 3.63) is 130 Å². The Morgan fingerprint density at radius 2 is 1.47 bits per heavy atom. The predicted molar refractivity (Wildman–Crippen MR) is 188 cm³/mol. The Labute approximate surface area is 283 Å². The minimum Gasteiger partial charge on any atom is -0.352 e. The molecule has 1 saturated carbocycles. The number of carbonyl (C=O) groups excluding carboxylic acids is 2. The second kappa shape index (κ2) is 15.6. The Hall–Kier alpha value is -4.14. The molecule has 1 aliphatic rings. The van der Waals surface area contributed by atoms with Gasteiger partial charge in [0.25, 0.3) is 10.0 Å². The van der Waals surface area contributed by atoms with E-state index in [4.69, 9.17) is 11.6 Å². The molecule has 4 aromatic rings. The molecule has 1 aliphatic carbocycles. The zero-order valence-electron chi connectivity index (χ0n) is 26.9. The molecule has 0 unspecified atom stereocenters. The molecule has 0 heterocycles. The van der Waals surface area contributed by atoms with Gasteiger partial charge in [0.2, 0.25) is 11.8 Å². The molecule has 1 atom stereocenters. The summed E-state index contributed by atoms with van der Waals surface area (Å²) in [6, 6.07) is 29.7. The minimum absolute atomic E-state index is 0.0297. The second-order valence-electron chi connectivity index (χ2n) is 12.1. The Kier molecular flexibility index (Phi) is 11.4. The summed E-state index contributed by atoms with van der Waals surface area (Å²) in [6.07, 6.45) is 4.68. The number of aryl methyl sites for hydroxylation is 2. The molecule has 9 heteroatoms. The number of nitrogens with one attached hydrogen (secondary N) is 1. The van der Waals surface area contributed by atoms with Crippen LogP contribution in [0.5, 0.6) is 0 Å². The number of halogens is 1.